The highest BCUT2D eigenvalue weighted by atomic mass is 32.2. The van der Waals surface area contributed by atoms with Gasteiger partial charge < -0.3 is 13.9 Å². The molecule has 4 rings (SSSR count). The molecule has 1 saturated heterocycles. The summed E-state index contributed by atoms with van der Waals surface area (Å²) < 4.78 is 41.7. The second kappa shape index (κ2) is 6.98. The van der Waals surface area contributed by atoms with Gasteiger partial charge in [0.1, 0.15) is 11.9 Å². The zero-order chi connectivity index (χ0) is 18.1. The number of rotatable bonds is 5. The molecule has 0 spiro atoms. The third-order valence-electron chi connectivity index (χ3n) is 4.69. The van der Waals surface area contributed by atoms with Gasteiger partial charge in [-0.2, -0.15) is 4.31 Å². The summed E-state index contributed by atoms with van der Waals surface area (Å²) in [5.41, 5.74) is 2.73. The lowest BCUT2D eigenvalue weighted by Gasteiger charge is -2.29. The molecule has 1 atom stereocenters. The van der Waals surface area contributed by atoms with Crippen LogP contribution in [0, 0.1) is 0 Å². The predicted molar refractivity (Wildman–Crippen MR) is 92.2 cm³/mol. The second-order valence-corrected chi connectivity index (χ2v) is 8.57. The van der Waals surface area contributed by atoms with Crippen molar-refractivity contribution >= 4 is 10.0 Å². The van der Waals surface area contributed by atoms with Crippen LogP contribution in [0.3, 0.4) is 0 Å². The van der Waals surface area contributed by atoms with Crippen molar-refractivity contribution in [1.29, 1.82) is 0 Å². The molecule has 140 valence electrons. The summed E-state index contributed by atoms with van der Waals surface area (Å²) in [5.74, 6) is 1.38. The molecule has 9 heteroatoms. The Bertz CT molecular complexity index is 896. The first-order valence-electron chi connectivity index (χ1n) is 8.62. The smallest absolute Gasteiger partial charge is 0.254 e. The molecule has 0 bridgehead atoms. The van der Waals surface area contributed by atoms with Gasteiger partial charge in [-0.15, -0.1) is 10.2 Å². The van der Waals surface area contributed by atoms with Gasteiger partial charge in [0.2, 0.25) is 15.9 Å². The Kier molecular flexibility index (Phi) is 4.68. The molecule has 26 heavy (non-hydrogen) atoms. The highest BCUT2D eigenvalue weighted by molar-refractivity contribution is 7.88. The van der Waals surface area contributed by atoms with Crippen molar-refractivity contribution < 1.29 is 22.3 Å². The highest BCUT2D eigenvalue weighted by Gasteiger charge is 2.31. The maximum Gasteiger partial charge on any atom is 0.254 e. The van der Waals surface area contributed by atoms with Crippen LogP contribution in [0.15, 0.2) is 22.6 Å². The molecular weight excluding hydrogens is 358 g/mol. The van der Waals surface area contributed by atoms with Crippen molar-refractivity contribution in [3.8, 4) is 5.75 Å². The molecular formula is C17H21N3O5S. The summed E-state index contributed by atoms with van der Waals surface area (Å²) in [6, 6.07) is 6.12. The van der Waals surface area contributed by atoms with Gasteiger partial charge in [-0.05, 0) is 42.5 Å². The molecule has 0 saturated carbocycles. The molecule has 2 aliphatic rings. The number of fused-ring (bicyclic) bond motifs is 1. The Morgan fingerprint density at radius 2 is 2.12 bits per heavy atom. The molecule has 0 radical (unpaired) electrons. The fourth-order valence-corrected chi connectivity index (χ4v) is 4.13. The molecule has 1 aromatic heterocycles. The van der Waals surface area contributed by atoms with Crippen molar-refractivity contribution in [1.82, 2.24) is 14.5 Å². The van der Waals surface area contributed by atoms with E-state index in [0.717, 1.165) is 18.6 Å². The molecule has 0 amide bonds. The number of sulfonamides is 1. The Hall–Kier alpha value is -1.97. The minimum absolute atomic E-state index is 0.161. The topological polar surface area (TPSA) is 94.8 Å². The third kappa shape index (κ3) is 3.74. The minimum Gasteiger partial charge on any atom is -0.484 e. The van der Waals surface area contributed by atoms with Crippen LogP contribution in [0.2, 0.25) is 0 Å². The van der Waals surface area contributed by atoms with Crippen LogP contribution in [0.5, 0.6) is 5.75 Å². The molecule has 1 aliphatic carbocycles. The monoisotopic (exact) mass is 379 g/mol. The number of hydrogen-bond acceptors (Lipinski definition) is 7. The van der Waals surface area contributed by atoms with Gasteiger partial charge >= 0.3 is 0 Å². The molecule has 0 N–H and O–H groups in total. The Labute approximate surface area is 152 Å². The minimum atomic E-state index is -3.27. The van der Waals surface area contributed by atoms with Crippen LogP contribution in [0.4, 0.5) is 0 Å². The van der Waals surface area contributed by atoms with Crippen LogP contribution in [-0.4, -0.2) is 48.9 Å². The summed E-state index contributed by atoms with van der Waals surface area (Å²) >= 11 is 0. The molecule has 2 aromatic rings. The number of benzene rings is 1. The first-order chi connectivity index (χ1) is 12.5. The van der Waals surface area contributed by atoms with E-state index in [4.69, 9.17) is 13.9 Å². The van der Waals surface area contributed by atoms with Gasteiger partial charge in [0, 0.05) is 13.1 Å². The van der Waals surface area contributed by atoms with E-state index in [0.29, 0.717) is 19.0 Å². The van der Waals surface area contributed by atoms with E-state index in [1.807, 2.05) is 6.07 Å². The van der Waals surface area contributed by atoms with Crippen LogP contribution < -0.4 is 4.74 Å². The molecule has 1 aromatic carbocycles. The Morgan fingerprint density at radius 3 is 2.96 bits per heavy atom. The fraction of sp³-hybridized carbons (Fsp3) is 0.529. The van der Waals surface area contributed by atoms with E-state index >= 15 is 0 Å². The lowest BCUT2D eigenvalue weighted by molar-refractivity contribution is -0.0180. The molecule has 1 aliphatic heterocycles. The number of morpholine rings is 1. The van der Waals surface area contributed by atoms with Crippen molar-refractivity contribution in [3.05, 3.63) is 41.1 Å². The van der Waals surface area contributed by atoms with E-state index in [1.165, 1.54) is 28.1 Å². The van der Waals surface area contributed by atoms with E-state index in [-0.39, 0.29) is 19.0 Å². The van der Waals surface area contributed by atoms with Gasteiger partial charge in [0.15, 0.2) is 6.61 Å². The number of aromatic nitrogens is 2. The van der Waals surface area contributed by atoms with E-state index in [9.17, 15) is 8.42 Å². The van der Waals surface area contributed by atoms with Crippen LogP contribution in [0.25, 0.3) is 0 Å². The first kappa shape index (κ1) is 17.4. The van der Waals surface area contributed by atoms with Gasteiger partial charge in [-0.1, -0.05) is 6.07 Å². The molecule has 8 nitrogen and oxygen atoms in total. The van der Waals surface area contributed by atoms with Crippen molar-refractivity contribution in [3.63, 3.8) is 0 Å². The van der Waals surface area contributed by atoms with E-state index in [2.05, 4.69) is 22.3 Å². The summed E-state index contributed by atoms with van der Waals surface area (Å²) in [5, 5.41) is 7.96. The quantitative estimate of drug-likeness (QED) is 0.776. The zero-order valence-corrected chi connectivity index (χ0v) is 15.4. The van der Waals surface area contributed by atoms with Crippen molar-refractivity contribution in [2.45, 2.75) is 32.0 Å². The molecule has 2 heterocycles. The summed E-state index contributed by atoms with van der Waals surface area (Å²) in [6.45, 7) is 0.958. The third-order valence-corrected chi connectivity index (χ3v) is 5.96. The first-order valence-corrected chi connectivity index (χ1v) is 10.5. The largest absolute Gasteiger partial charge is 0.484 e. The SMILES string of the molecule is CS(=O)(=O)N1CCOC(c2nnc(COc3ccc4c(c3)CCC4)o2)C1. The van der Waals surface area contributed by atoms with Crippen LogP contribution in [-0.2, 0) is 34.2 Å². The highest BCUT2D eigenvalue weighted by Crippen LogP contribution is 2.27. The van der Waals surface area contributed by atoms with Crippen molar-refractivity contribution in [2.75, 3.05) is 26.0 Å². The zero-order valence-electron chi connectivity index (χ0n) is 14.6. The van der Waals surface area contributed by atoms with E-state index < -0.39 is 16.1 Å². The maximum atomic E-state index is 11.7. The predicted octanol–water partition coefficient (Wildman–Crippen LogP) is 1.47. The maximum absolute atomic E-state index is 11.7. The summed E-state index contributed by atoms with van der Waals surface area (Å²) in [7, 11) is -3.27. The Morgan fingerprint density at radius 1 is 1.27 bits per heavy atom. The molecule has 1 unspecified atom stereocenters. The summed E-state index contributed by atoms with van der Waals surface area (Å²) in [4.78, 5) is 0. The average Bonchev–Trinajstić information content (AvgIpc) is 3.28. The van der Waals surface area contributed by atoms with Gasteiger partial charge in [-0.25, -0.2) is 8.42 Å². The van der Waals surface area contributed by atoms with Gasteiger partial charge in [0.25, 0.3) is 5.89 Å². The lowest BCUT2D eigenvalue weighted by atomic mass is 10.1. The van der Waals surface area contributed by atoms with E-state index in [1.54, 1.807) is 0 Å². The van der Waals surface area contributed by atoms with Gasteiger partial charge in [-0.3, -0.25) is 0 Å². The number of ether oxygens (including phenoxy) is 2. The fourth-order valence-electron chi connectivity index (χ4n) is 3.31. The van der Waals surface area contributed by atoms with Crippen LogP contribution in [0.1, 0.15) is 35.4 Å². The number of hydrogen-bond donors (Lipinski definition) is 0. The average molecular weight is 379 g/mol. The normalized spacial score (nSPS) is 20.9. The van der Waals surface area contributed by atoms with Crippen molar-refractivity contribution in [2.24, 2.45) is 0 Å². The standard InChI is InChI=1S/C17H21N3O5S/c1-26(21,22)20-7-8-23-15(10-20)17-19-18-16(25-17)11-24-14-6-5-12-3-2-4-13(12)9-14/h5-6,9,15H,2-4,7-8,10-11H2,1H3. The molecule has 1 fully saturated rings. The summed E-state index contributed by atoms with van der Waals surface area (Å²) in [6.07, 6.45) is 4.04. The van der Waals surface area contributed by atoms with Gasteiger partial charge in [0.05, 0.1) is 12.9 Å². The van der Waals surface area contributed by atoms with Crippen LogP contribution >= 0.6 is 0 Å². The Balaban J connectivity index is 1.39. The second-order valence-electron chi connectivity index (χ2n) is 6.59. The number of aryl methyl sites for hydroxylation is 2. The number of nitrogens with zero attached hydrogens (tertiary/aromatic N) is 3. The lowest BCUT2D eigenvalue weighted by Crippen LogP contribution is -2.41.